The minimum absolute atomic E-state index is 0.0116. The first kappa shape index (κ1) is 12.6. The largest absolute Gasteiger partial charge is 0.399 e. The number of nitrogens with zero attached hydrogens (tertiary/aromatic N) is 1. The number of carbonyl (C=O) groups excluding carboxylic acids is 1. The minimum Gasteiger partial charge on any atom is -0.399 e. The van der Waals surface area contributed by atoms with Crippen LogP contribution in [0.3, 0.4) is 0 Å². The average Bonchev–Trinajstić information content (AvgIpc) is 2.56. The number of benzene rings is 1. The van der Waals surface area contributed by atoms with Crippen molar-refractivity contribution in [1.82, 2.24) is 4.90 Å². The van der Waals surface area contributed by atoms with Gasteiger partial charge in [-0.3, -0.25) is 4.79 Å². The van der Waals surface area contributed by atoms with E-state index in [0.717, 1.165) is 31.0 Å². The molecule has 2 rings (SSSR count). The van der Waals surface area contributed by atoms with Gasteiger partial charge in [0.15, 0.2) is 0 Å². The first-order valence-corrected chi connectivity index (χ1v) is 7.14. The number of carbonyl (C=O) groups is 1. The van der Waals surface area contributed by atoms with E-state index < -0.39 is 0 Å². The van der Waals surface area contributed by atoms with Gasteiger partial charge in [0.1, 0.15) is 0 Å². The van der Waals surface area contributed by atoms with E-state index in [1.807, 2.05) is 16.7 Å². The Balaban J connectivity index is 2.17. The van der Waals surface area contributed by atoms with Gasteiger partial charge >= 0.3 is 0 Å². The van der Waals surface area contributed by atoms with Crippen molar-refractivity contribution >= 4 is 35.0 Å². The van der Waals surface area contributed by atoms with Crippen LogP contribution in [0.1, 0.15) is 16.8 Å². The summed E-state index contributed by atoms with van der Waals surface area (Å²) in [5, 5.41) is 0.437. The lowest BCUT2D eigenvalue weighted by molar-refractivity contribution is 0.0769. The summed E-state index contributed by atoms with van der Waals surface area (Å²) >= 11 is 7.94. The fourth-order valence-corrected chi connectivity index (χ4v) is 2.98. The molecule has 1 aliphatic heterocycles. The highest BCUT2D eigenvalue weighted by atomic mass is 35.5. The maximum Gasteiger partial charge on any atom is 0.255 e. The summed E-state index contributed by atoms with van der Waals surface area (Å²) in [6.45, 7) is 1.61. The van der Waals surface area contributed by atoms with Gasteiger partial charge in [0.05, 0.1) is 10.6 Å². The van der Waals surface area contributed by atoms with Crippen molar-refractivity contribution in [1.29, 1.82) is 0 Å². The van der Waals surface area contributed by atoms with Crippen LogP contribution in [-0.2, 0) is 0 Å². The Morgan fingerprint density at radius 2 is 2.18 bits per heavy atom. The number of nitrogens with two attached hydrogens (primary N) is 1. The molecule has 17 heavy (non-hydrogen) atoms. The monoisotopic (exact) mass is 270 g/mol. The molecule has 0 bridgehead atoms. The molecule has 1 fully saturated rings. The zero-order valence-electron chi connectivity index (χ0n) is 9.49. The Morgan fingerprint density at radius 1 is 1.35 bits per heavy atom. The predicted octanol–water partition coefficient (Wildman–Crippen LogP) is 2.50. The van der Waals surface area contributed by atoms with Gasteiger partial charge in [0, 0.05) is 24.5 Å². The van der Waals surface area contributed by atoms with Crippen molar-refractivity contribution in [3.63, 3.8) is 0 Å². The van der Waals surface area contributed by atoms with Crippen LogP contribution in [0.2, 0.25) is 5.02 Å². The molecular weight excluding hydrogens is 256 g/mol. The second-order valence-electron chi connectivity index (χ2n) is 4.00. The lowest BCUT2D eigenvalue weighted by atomic mass is 10.1. The van der Waals surface area contributed by atoms with Gasteiger partial charge < -0.3 is 10.6 Å². The van der Waals surface area contributed by atoms with Crippen LogP contribution >= 0.6 is 23.4 Å². The molecule has 92 valence electrons. The molecule has 1 amide bonds. The van der Waals surface area contributed by atoms with E-state index in [-0.39, 0.29) is 5.91 Å². The molecule has 2 N–H and O–H groups in total. The Hall–Kier alpha value is -0.870. The first-order valence-electron chi connectivity index (χ1n) is 5.60. The number of nitrogen functional groups attached to an aromatic ring is 1. The van der Waals surface area contributed by atoms with E-state index in [4.69, 9.17) is 17.3 Å². The van der Waals surface area contributed by atoms with Crippen LogP contribution in [0.15, 0.2) is 18.2 Å². The molecule has 0 saturated carbocycles. The summed E-state index contributed by atoms with van der Waals surface area (Å²) in [6.07, 6.45) is 1.04. The number of hydrogen-bond acceptors (Lipinski definition) is 3. The molecule has 0 radical (unpaired) electrons. The number of halogens is 1. The third kappa shape index (κ3) is 3.07. The third-order valence-corrected chi connectivity index (χ3v) is 4.09. The summed E-state index contributed by atoms with van der Waals surface area (Å²) in [4.78, 5) is 14.1. The Labute approximate surface area is 110 Å². The second kappa shape index (κ2) is 5.65. The van der Waals surface area contributed by atoms with Crippen molar-refractivity contribution in [2.24, 2.45) is 0 Å². The number of amides is 1. The summed E-state index contributed by atoms with van der Waals surface area (Å²) in [6, 6.07) is 5.05. The van der Waals surface area contributed by atoms with Crippen molar-refractivity contribution in [3.05, 3.63) is 28.8 Å². The maximum atomic E-state index is 12.3. The Kier molecular flexibility index (Phi) is 4.18. The minimum atomic E-state index is 0.0116. The van der Waals surface area contributed by atoms with Crippen molar-refractivity contribution in [3.8, 4) is 0 Å². The van der Waals surface area contributed by atoms with Crippen molar-refractivity contribution < 1.29 is 4.79 Å². The summed E-state index contributed by atoms with van der Waals surface area (Å²) in [5.74, 6) is 2.13. The lowest BCUT2D eigenvalue weighted by Crippen LogP contribution is -2.33. The topological polar surface area (TPSA) is 46.3 Å². The van der Waals surface area contributed by atoms with E-state index in [1.165, 1.54) is 0 Å². The molecule has 1 saturated heterocycles. The maximum absolute atomic E-state index is 12.3. The standard InChI is InChI=1S/C12H15ClN2OS/c13-11-8-9(14)2-3-10(11)12(16)15-4-1-6-17-7-5-15/h2-3,8H,1,4-7,14H2. The summed E-state index contributed by atoms with van der Waals surface area (Å²) < 4.78 is 0. The van der Waals surface area contributed by atoms with E-state index in [9.17, 15) is 4.79 Å². The first-order chi connectivity index (χ1) is 8.18. The number of rotatable bonds is 1. The van der Waals surface area contributed by atoms with Crippen molar-refractivity contribution in [2.45, 2.75) is 6.42 Å². The van der Waals surface area contributed by atoms with Gasteiger partial charge in [-0.05, 0) is 30.4 Å². The summed E-state index contributed by atoms with van der Waals surface area (Å²) in [5.41, 5.74) is 6.75. The summed E-state index contributed by atoms with van der Waals surface area (Å²) in [7, 11) is 0. The number of thioether (sulfide) groups is 1. The van der Waals surface area contributed by atoms with Crippen molar-refractivity contribution in [2.75, 3.05) is 30.3 Å². The fraction of sp³-hybridized carbons (Fsp3) is 0.417. The van der Waals surface area contributed by atoms with Crippen LogP contribution < -0.4 is 5.73 Å². The van der Waals surface area contributed by atoms with Crippen LogP contribution in [0.4, 0.5) is 5.69 Å². The van der Waals surface area contributed by atoms with Gasteiger partial charge in [-0.1, -0.05) is 11.6 Å². The van der Waals surface area contributed by atoms with Gasteiger partial charge in [-0.25, -0.2) is 0 Å². The molecule has 1 aromatic rings. The molecule has 0 atom stereocenters. The fourth-order valence-electron chi connectivity index (χ4n) is 1.82. The molecule has 0 spiro atoms. The molecule has 0 aliphatic carbocycles. The second-order valence-corrected chi connectivity index (χ2v) is 5.63. The van der Waals surface area contributed by atoms with E-state index >= 15 is 0 Å². The molecule has 1 aromatic carbocycles. The quantitative estimate of drug-likeness (QED) is 0.798. The Morgan fingerprint density at radius 3 is 2.94 bits per heavy atom. The normalized spacial score (nSPS) is 16.6. The highest BCUT2D eigenvalue weighted by Gasteiger charge is 2.19. The number of anilines is 1. The molecular formula is C12H15ClN2OS. The van der Waals surface area contributed by atoms with Gasteiger partial charge in [0.2, 0.25) is 0 Å². The van der Waals surface area contributed by atoms with Crippen LogP contribution in [-0.4, -0.2) is 35.4 Å². The molecule has 1 heterocycles. The zero-order valence-corrected chi connectivity index (χ0v) is 11.1. The lowest BCUT2D eigenvalue weighted by Gasteiger charge is -2.20. The van der Waals surface area contributed by atoms with Crippen LogP contribution in [0, 0.1) is 0 Å². The van der Waals surface area contributed by atoms with E-state index in [0.29, 0.717) is 16.3 Å². The predicted molar refractivity (Wildman–Crippen MR) is 73.7 cm³/mol. The van der Waals surface area contributed by atoms with Crippen LogP contribution in [0.25, 0.3) is 0 Å². The highest BCUT2D eigenvalue weighted by Crippen LogP contribution is 2.22. The SMILES string of the molecule is Nc1ccc(C(=O)N2CCCSCC2)c(Cl)c1. The van der Waals surface area contributed by atoms with E-state index in [1.54, 1.807) is 18.2 Å². The van der Waals surface area contributed by atoms with E-state index in [2.05, 4.69) is 0 Å². The number of hydrogen-bond donors (Lipinski definition) is 1. The molecule has 0 unspecified atom stereocenters. The molecule has 3 nitrogen and oxygen atoms in total. The molecule has 5 heteroatoms. The highest BCUT2D eigenvalue weighted by molar-refractivity contribution is 7.99. The smallest absolute Gasteiger partial charge is 0.255 e. The van der Waals surface area contributed by atoms with Gasteiger partial charge in [0.25, 0.3) is 5.91 Å². The molecule has 0 aromatic heterocycles. The molecule has 1 aliphatic rings. The van der Waals surface area contributed by atoms with Gasteiger partial charge in [-0.2, -0.15) is 11.8 Å². The Bertz CT molecular complexity index is 417. The zero-order chi connectivity index (χ0) is 12.3. The average molecular weight is 271 g/mol. The van der Waals surface area contributed by atoms with Crippen LogP contribution in [0.5, 0.6) is 0 Å². The van der Waals surface area contributed by atoms with Gasteiger partial charge in [-0.15, -0.1) is 0 Å². The third-order valence-electron chi connectivity index (χ3n) is 2.73.